The number of amides is 2. The van der Waals surface area contributed by atoms with E-state index in [0.717, 1.165) is 18.1 Å². The first-order valence-corrected chi connectivity index (χ1v) is 10.4. The number of nitrogens with one attached hydrogen (secondary N) is 1. The summed E-state index contributed by atoms with van der Waals surface area (Å²) in [6, 6.07) is 5.11. The number of hydroxylamine groups is 1. The molecule has 1 aliphatic rings. The third-order valence-electron chi connectivity index (χ3n) is 4.94. The van der Waals surface area contributed by atoms with Gasteiger partial charge in [-0.3, -0.25) is 14.9 Å². The van der Waals surface area contributed by atoms with Crippen molar-refractivity contribution in [3.05, 3.63) is 29.8 Å². The molecule has 1 heterocycles. The zero-order valence-electron chi connectivity index (χ0n) is 15.6. The first-order valence-electron chi connectivity index (χ1n) is 8.46. The molecule has 2 amide bonds. The molecule has 1 aromatic rings. The summed E-state index contributed by atoms with van der Waals surface area (Å²) in [6.45, 7) is 2.40. The Labute approximate surface area is 161 Å². The Morgan fingerprint density at radius 3 is 2.39 bits per heavy atom. The first-order chi connectivity index (χ1) is 12.9. The molecular formula is C17H22F2N2O6S. The van der Waals surface area contributed by atoms with Crippen molar-refractivity contribution in [2.75, 3.05) is 17.7 Å². The Bertz CT molecular complexity index is 859. The molecule has 1 fully saturated rings. The fraction of sp³-hybridized carbons (Fsp3) is 0.529. The summed E-state index contributed by atoms with van der Waals surface area (Å²) in [7, 11) is -3.95. The lowest BCUT2D eigenvalue weighted by atomic mass is 10.0. The minimum Gasteiger partial charge on any atom is -0.444 e. The van der Waals surface area contributed by atoms with Gasteiger partial charge in [-0.1, -0.05) is 19.1 Å². The molecule has 2 N–H and O–H groups in total. The number of benzene rings is 1. The van der Waals surface area contributed by atoms with E-state index in [4.69, 9.17) is 9.94 Å². The van der Waals surface area contributed by atoms with Crippen molar-refractivity contribution >= 4 is 27.5 Å². The summed E-state index contributed by atoms with van der Waals surface area (Å²) in [5.74, 6) is -4.13. The molecule has 0 bridgehead atoms. The van der Waals surface area contributed by atoms with Crippen LogP contribution in [-0.2, 0) is 25.3 Å². The normalized spacial score (nSPS) is 19.9. The predicted octanol–water partition coefficient (Wildman–Crippen LogP) is 2.21. The number of sulfone groups is 1. The highest BCUT2D eigenvalue weighted by Gasteiger charge is 2.48. The number of carbonyl (C=O) groups excluding carboxylic acids is 2. The third kappa shape index (κ3) is 4.09. The molecule has 0 unspecified atom stereocenters. The number of carbonyl (C=O) groups is 2. The van der Waals surface area contributed by atoms with Crippen molar-refractivity contribution in [2.24, 2.45) is 0 Å². The molecule has 11 heteroatoms. The molecule has 1 aromatic carbocycles. The van der Waals surface area contributed by atoms with Gasteiger partial charge < -0.3 is 4.74 Å². The third-order valence-corrected chi connectivity index (χ3v) is 6.93. The van der Waals surface area contributed by atoms with Gasteiger partial charge in [0, 0.05) is 30.3 Å². The van der Waals surface area contributed by atoms with E-state index in [1.54, 1.807) is 0 Å². The van der Waals surface area contributed by atoms with Crippen LogP contribution in [-0.4, -0.2) is 49.3 Å². The minimum atomic E-state index is -3.95. The fourth-order valence-corrected chi connectivity index (χ4v) is 3.76. The number of hydrogen-bond donors (Lipinski definition) is 2. The van der Waals surface area contributed by atoms with Crippen LogP contribution < -0.4 is 10.4 Å². The van der Waals surface area contributed by atoms with E-state index in [0.29, 0.717) is 5.69 Å². The van der Waals surface area contributed by atoms with Crippen LogP contribution in [0.25, 0.3) is 0 Å². The summed E-state index contributed by atoms with van der Waals surface area (Å²) in [4.78, 5) is 25.2. The Morgan fingerprint density at radius 1 is 1.36 bits per heavy atom. The molecule has 156 valence electrons. The summed E-state index contributed by atoms with van der Waals surface area (Å²) < 4.78 is 54.6. The topological polar surface area (TPSA) is 113 Å². The minimum absolute atomic E-state index is 0.0772. The van der Waals surface area contributed by atoms with Crippen molar-refractivity contribution in [3.63, 3.8) is 0 Å². The Hall–Kier alpha value is -2.27. The monoisotopic (exact) mass is 420 g/mol. The Kier molecular flexibility index (Phi) is 6.00. The molecule has 28 heavy (non-hydrogen) atoms. The first kappa shape index (κ1) is 22.0. The molecule has 0 aromatic heterocycles. The van der Waals surface area contributed by atoms with E-state index in [1.165, 1.54) is 36.7 Å². The summed E-state index contributed by atoms with van der Waals surface area (Å²) in [6.07, 6.45) is -1.66. The number of halogens is 2. The predicted molar refractivity (Wildman–Crippen MR) is 96.0 cm³/mol. The molecule has 0 aliphatic carbocycles. The van der Waals surface area contributed by atoms with Crippen LogP contribution in [0, 0.1) is 0 Å². The number of rotatable bonds is 7. The molecule has 8 nitrogen and oxygen atoms in total. The quantitative estimate of drug-likeness (QED) is 0.517. The van der Waals surface area contributed by atoms with Gasteiger partial charge in [0.1, 0.15) is 6.10 Å². The molecule has 1 saturated heterocycles. The SMILES string of the molecule is CCC(F)(F)c1ccc(N2C[C@H](C[C@](C)(C(=O)NO)S(C)(=O)=O)OC2=O)cc1. The maximum Gasteiger partial charge on any atom is 0.414 e. The van der Waals surface area contributed by atoms with Crippen LogP contribution in [0.15, 0.2) is 24.3 Å². The van der Waals surface area contributed by atoms with Crippen molar-refractivity contribution < 1.29 is 36.7 Å². The Balaban J connectivity index is 2.20. The van der Waals surface area contributed by atoms with Crippen molar-refractivity contribution in [1.82, 2.24) is 5.48 Å². The summed E-state index contributed by atoms with van der Waals surface area (Å²) in [5.41, 5.74) is 1.44. The zero-order chi connectivity index (χ0) is 21.3. The van der Waals surface area contributed by atoms with Crippen LogP contribution in [0.1, 0.15) is 32.3 Å². The maximum atomic E-state index is 13.7. The second-order valence-electron chi connectivity index (χ2n) is 6.87. The molecule has 0 radical (unpaired) electrons. The second kappa shape index (κ2) is 7.63. The number of hydrogen-bond acceptors (Lipinski definition) is 6. The average molecular weight is 420 g/mol. The van der Waals surface area contributed by atoms with E-state index in [2.05, 4.69) is 0 Å². The van der Waals surface area contributed by atoms with Gasteiger partial charge in [-0.05, 0) is 19.1 Å². The Morgan fingerprint density at radius 2 is 1.93 bits per heavy atom. The number of cyclic esters (lactones) is 1. The summed E-state index contributed by atoms with van der Waals surface area (Å²) >= 11 is 0. The van der Waals surface area contributed by atoms with Gasteiger partial charge in [0.2, 0.25) is 0 Å². The highest BCUT2D eigenvalue weighted by molar-refractivity contribution is 7.92. The van der Waals surface area contributed by atoms with Gasteiger partial charge in [-0.15, -0.1) is 0 Å². The van der Waals surface area contributed by atoms with E-state index in [-0.39, 0.29) is 24.9 Å². The van der Waals surface area contributed by atoms with Crippen LogP contribution in [0.4, 0.5) is 19.3 Å². The van der Waals surface area contributed by atoms with Crippen LogP contribution in [0.5, 0.6) is 0 Å². The average Bonchev–Trinajstić information content (AvgIpc) is 3.00. The molecule has 2 atom stereocenters. The van der Waals surface area contributed by atoms with Gasteiger partial charge in [-0.25, -0.2) is 27.5 Å². The van der Waals surface area contributed by atoms with Gasteiger partial charge in [0.15, 0.2) is 14.6 Å². The smallest absolute Gasteiger partial charge is 0.414 e. The molecule has 0 saturated carbocycles. The van der Waals surface area contributed by atoms with E-state index in [1.807, 2.05) is 0 Å². The number of ether oxygens (including phenoxy) is 1. The molecule has 1 aliphatic heterocycles. The van der Waals surface area contributed by atoms with E-state index in [9.17, 15) is 26.8 Å². The van der Waals surface area contributed by atoms with Gasteiger partial charge >= 0.3 is 6.09 Å². The zero-order valence-corrected chi connectivity index (χ0v) is 16.4. The van der Waals surface area contributed by atoms with Gasteiger partial charge in [-0.2, -0.15) is 0 Å². The van der Waals surface area contributed by atoms with Crippen LogP contribution in [0.3, 0.4) is 0 Å². The van der Waals surface area contributed by atoms with Gasteiger partial charge in [0.25, 0.3) is 11.8 Å². The van der Waals surface area contributed by atoms with Gasteiger partial charge in [0.05, 0.1) is 6.54 Å². The molecule has 2 rings (SSSR count). The largest absolute Gasteiger partial charge is 0.444 e. The lowest BCUT2D eigenvalue weighted by Gasteiger charge is -2.26. The molecular weight excluding hydrogens is 398 g/mol. The van der Waals surface area contributed by atoms with E-state index >= 15 is 0 Å². The summed E-state index contributed by atoms with van der Waals surface area (Å²) in [5, 5.41) is 8.86. The van der Waals surface area contributed by atoms with Crippen molar-refractivity contribution in [3.8, 4) is 0 Å². The maximum absolute atomic E-state index is 13.7. The number of anilines is 1. The van der Waals surface area contributed by atoms with Crippen LogP contribution >= 0.6 is 0 Å². The van der Waals surface area contributed by atoms with Crippen molar-refractivity contribution in [2.45, 2.75) is 43.5 Å². The van der Waals surface area contributed by atoms with E-state index < -0.39 is 38.6 Å². The number of nitrogens with zero attached hydrogens (tertiary/aromatic N) is 1. The highest BCUT2D eigenvalue weighted by atomic mass is 32.2. The second-order valence-corrected chi connectivity index (χ2v) is 9.31. The number of alkyl halides is 2. The highest BCUT2D eigenvalue weighted by Crippen LogP contribution is 2.34. The fourth-order valence-electron chi connectivity index (χ4n) is 2.89. The lowest BCUT2D eigenvalue weighted by Crippen LogP contribution is -2.51. The standard InChI is InChI=1S/C17H22F2N2O6S/c1-4-17(18,19)11-5-7-12(8-6-11)21-10-13(27-15(21)23)9-16(2,14(22)20-24)28(3,25)26/h5-8,13,24H,4,9-10H2,1-3H3,(H,20,22)/t13-,16+/m0/s1. The molecule has 0 spiro atoms. The van der Waals surface area contributed by atoms with Crippen LogP contribution in [0.2, 0.25) is 0 Å². The van der Waals surface area contributed by atoms with Crippen molar-refractivity contribution in [1.29, 1.82) is 0 Å². The lowest BCUT2D eigenvalue weighted by molar-refractivity contribution is -0.132.